The van der Waals surface area contributed by atoms with Crippen LogP contribution in [0, 0.1) is 5.92 Å². The molecule has 3 aromatic carbocycles. The van der Waals surface area contributed by atoms with E-state index in [9.17, 15) is 4.79 Å². The first-order chi connectivity index (χ1) is 26.7. The third-order valence-corrected chi connectivity index (χ3v) is 10.8. The van der Waals surface area contributed by atoms with Crippen molar-refractivity contribution in [3.05, 3.63) is 102 Å². The van der Waals surface area contributed by atoms with E-state index in [0.29, 0.717) is 44.1 Å². The lowest BCUT2D eigenvalue weighted by atomic mass is 9.94. The molecule has 0 aliphatic carbocycles. The van der Waals surface area contributed by atoms with E-state index in [4.69, 9.17) is 29.0 Å². The van der Waals surface area contributed by atoms with Crippen molar-refractivity contribution in [2.24, 2.45) is 13.0 Å². The molecule has 1 amide bonds. The van der Waals surface area contributed by atoms with Gasteiger partial charge in [-0.15, -0.1) is 0 Å². The predicted molar refractivity (Wildman–Crippen MR) is 213 cm³/mol. The number of benzene rings is 3. The molecule has 5 heterocycles. The van der Waals surface area contributed by atoms with Crippen molar-refractivity contribution in [1.29, 1.82) is 0 Å². The molecule has 3 fully saturated rings. The van der Waals surface area contributed by atoms with Crippen molar-refractivity contribution in [3.63, 3.8) is 0 Å². The highest BCUT2D eigenvalue weighted by Gasteiger charge is 2.43. The average Bonchev–Trinajstić information content (AvgIpc) is 3.52. The van der Waals surface area contributed by atoms with Crippen molar-refractivity contribution in [3.8, 4) is 23.0 Å². The summed E-state index contributed by atoms with van der Waals surface area (Å²) < 4.78 is 26.2. The van der Waals surface area contributed by atoms with Crippen LogP contribution in [0.5, 0.6) is 11.8 Å². The first-order valence-corrected chi connectivity index (χ1v) is 19.6. The number of nitrogens with zero attached hydrogens (tertiary/aromatic N) is 6. The van der Waals surface area contributed by atoms with Gasteiger partial charge >= 0.3 is 6.09 Å². The number of aromatic nitrogens is 3. The van der Waals surface area contributed by atoms with Gasteiger partial charge in [-0.3, -0.25) is 14.5 Å². The Morgan fingerprint density at radius 1 is 0.818 bits per heavy atom. The van der Waals surface area contributed by atoms with Gasteiger partial charge in [-0.2, -0.15) is 10.1 Å². The number of morpholine rings is 1. The summed E-state index contributed by atoms with van der Waals surface area (Å²) >= 11 is 0. The maximum Gasteiger partial charge on any atom is 0.411 e. The monoisotopic (exact) mass is 744 g/mol. The Morgan fingerprint density at radius 3 is 2.13 bits per heavy atom. The minimum Gasteiger partial charge on any atom is -0.473 e. The summed E-state index contributed by atoms with van der Waals surface area (Å²) in [5.74, 6) is 1.58. The van der Waals surface area contributed by atoms with E-state index in [1.54, 1.807) is 0 Å². The number of hydrogen-bond donors (Lipinski definition) is 0. The Labute approximate surface area is 323 Å². The molecule has 0 saturated carbocycles. The number of fused-ring (bicyclic) bond motifs is 3. The lowest BCUT2D eigenvalue weighted by Gasteiger charge is -2.50. The maximum absolute atomic E-state index is 13.1. The highest BCUT2D eigenvalue weighted by Crippen LogP contribution is 2.39. The lowest BCUT2D eigenvalue weighted by Crippen LogP contribution is -2.67. The Morgan fingerprint density at radius 2 is 1.47 bits per heavy atom. The van der Waals surface area contributed by atoms with Crippen molar-refractivity contribution >= 4 is 22.7 Å². The van der Waals surface area contributed by atoms with Crippen LogP contribution in [0.25, 0.3) is 22.2 Å². The first kappa shape index (κ1) is 36.8. The molecule has 0 radical (unpaired) electrons. The molecular weight excluding hydrogens is 693 g/mol. The number of anilines is 1. The Balaban J connectivity index is 0.969. The van der Waals surface area contributed by atoms with Gasteiger partial charge in [0.25, 0.3) is 0 Å². The van der Waals surface area contributed by atoms with E-state index < -0.39 is 5.60 Å². The molecule has 288 valence electrons. The molecule has 3 aliphatic heterocycles. The topological polar surface area (TPSA) is 94.4 Å². The van der Waals surface area contributed by atoms with E-state index in [0.717, 1.165) is 78.9 Å². The number of piperazine rings is 1. The van der Waals surface area contributed by atoms with Gasteiger partial charge in [0, 0.05) is 51.2 Å². The maximum atomic E-state index is 13.1. The molecule has 5 aromatic rings. The molecule has 11 heteroatoms. The molecule has 2 atom stereocenters. The lowest BCUT2D eigenvalue weighted by molar-refractivity contribution is -0.0995. The molecule has 0 N–H and O–H groups in total. The molecule has 0 spiro atoms. The SMILES string of the molecule is Cn1nc(-c2ccc(OCc3ccccc3)nc2OCc2ccccc2)c2cccc(N3CCC(CN4CC5COCC(C4)N5C(=O)OC(C)(C)C)CC3)c21. The van der Waals surface area contributed by atoms with Crippen molar-refractivity contribution in [2.45, 2.75) is 64.5 Å². The molecule has 8 rings (SSSR count). The zero-order valence-corrected chi connectivity index (χ0v) is 32.4. The standard InChI is InChI=1S/C44H52N6O5/c1-44(2,3)55-43(51)50-34-25-48(26-35(50)30-52-29-34)24-31-20-22-49(23-21-31)38-17-11-16-36-40(46-47(4)41(36)38)37-18-19-39(53-27-32-12-7-5-8-13-32)45-42(37)54-28-33-14-9-6-10-15-33/h5-19,31,34-35H,20-30H2,1-4H3. The summed E-state index contributed by atoms with van der Waals surface area (Å²) in [6.07, 6.45) is 1.99. The fourth-order valence-corrected chi connectivity index (χ4v) is 8.26. The Hall–Kier alpha value is -5.13. The molecule has 2 aromatic heterocycles. The van der Waals surface area contributed by atoms with Gasteiger partial charge in [-0.05, 0) is 62.8 Å². The number of hydrogen-bond acceptors (Lipinski definition) is 9. The van der Waals surface area contributed by atoms with Gasteiger partial charge in [0.05, 0.1) is 42.1 Å². The van der Waals surface area contributed by atoms with E-state index in [-0.39, 0.29) is 18.2 Å². The van der Waals surface area contributed by atoms with E-state index in [2.05, 4.69) is 28.0 Å². The minimum atomic E-state index is -0.514. The third kappa shape index (κ3) is 8.43. The number of amides is 1. The highest BCUT2D eigenvalue weighted by molar-refractivity contribution is 6.01. The van der Waals surface area contributed by atoms with E-state index >= 15 is 0 Å². The third-order valence-electron chi connectivity index (χ3n) is 10.8. The largest absolute Gasteiger partial charge is 0.473 e. The van der Waals surface area contributed by atoms with Gasteiger partial charge in [0.15, 0.2) is 0 Å². The van der Waals surface area contributed by atoms with Gasteiger partial charge in [0.2, 0.25) is 11.8 Å². The first-order valence-electron chi connectivity index (χ1n) is 19.6. The summed E-state index contributed by atoms with van der Waals surface area (Å²) in [4.78, 5) is 25.0. The molecule has 2 bridgehead atoms. The van der Waals surface area contributed by atoms with Crippen LogP contribution in [0.1, 0.15) is 44.7 Å². The van der Waals surface area contributed by atoms with Crippen LogP contribution >= 0.6 is 0 Å². The van der Waals surface area contributed by atoms with Crippen LogP contribution in [0.4, 0.5) is 10.5 Å². The normalized spacial score (nSPS) is 19.4. The number of piperidine rings is 1. The fraction of sp³-hybridized carbons (Fsp3) is 0.432. The fourth-order valence-electron chi connectivity index (χ4n) is 8.26. The second kappa shape index (κ2) is 15.9. The second-order valence-electron chi connectivity index (χ2n) is 16.1. The summed E-state index contributed by atoms with van der Waals surface area (Å²) in [6.45, 7) is 12.3. The number of pyridine rings is 1. The molecule has 11 nitrogen and oxygen atoms in total. The smallest absolute Gasteiger partial charge is 0.411 e. The van der Waals surface area contributed by atoms with Gasteiger partial charge < -0.3 is 23.8 Å². The van der Waals surface area contributed by atoms with Gasteiger partial charge in [0.1, 0.15) is 24.5 Å². The predicted octanol–water partition coefficient (Wildman–Crippen LogP) is 7.33. The summed E-state index contributed by atoms with van der Waals surface area (Å²) in [6, 6.07) is 30.7. The number of ether oxygens (including phenoxy) is 4. The van der Waals surface area contributed by atoms with Crippen LogP contribution in [-0.4, -0.2) is 94.3 Å². The Bertz CT molecular complexity index is 2060. The molecule has 2 unspecified atom stereocenters. The second-order valence-corrected chi connectivity index (χ2v) is 16.1. The molecule has 3 saturated heterocycles. The summed E-state index contributed by atoms with van der Waals surface area (Å²) in [7, 11) is 2.02. The van der Waals surface area contributed by atoms with Crippen LogP contribution in [0.15, 0.2) is 91.0 Å². The number of aryl methyl sites for hydroxylation is 1. The van der Waals surface area contributed by atoms with Gasteiger partial charge in [-0.25, -0.2) is 4.79 Å². The molecule has 55 heavy (non-hydrogen) atoms. The highest BCUT2D eigenvalue weighted by atomic mass is 16.6. The minimum absolute atomic E-state index is 0.0246. The molecular formula is C44H52N6O5. The number of carbonyl (C=O) groups excluding carboxylic acids is 1. The number of carbonyl (C=O) groups is 1. The number of para-hydroxylation sites is 1. The number of rotatable bonds is 10. The van der Waals surface area contributed by atoms with Gasteiger partial charge in [-0.1, -0.05) is 72.8 Å². The van der Waals surface area contributed by atoms with Crippen LogP contribution in [0.3, 0.4) is 0 Å². The van der Waals surface area contributed by atoms with Crippen LogP contribution in [-0.2, 0) is 29.7 Å². The van der Waals surface area contributed by atoms with Crippen LogP contribution < -0.4 is 14.4 Å². The summed E-state index contributed by atoms with van der Waals surface area (Å²) in [5, 5.41) is 6.15. The van der Waals surface area contributed by atoms with E-state index in [1.807, 2.05) is 110 Å². The summed E-state index contributed by atoms with van der Waals surface area (Å²) in [5.41, 5.74) is 5.56. The Kier molecular flexibility index (Phi) is 10.7. The zero-order chi connectivity index (χ0) is 37.9. The van der Waals surface area contributed by atoms with Crippen molar-refractivity contribution in [2.75, 3.05) is 50.8 Å². The average molecular weight is 745 g/mol. The van der Waals surface area contributed by atoms with Crippen LogP contribution in [0.2, 0.25) is 0 Å². The molecule has 3 aliphatic rings. The zero-order valence-electron chi connectivity index (χ0n) is 32.4. The van der Waals surface area contributed by atoms with Crippen molar-refractivity contribution < 1.29 is 23.7 Å². The quantitative estimate of drug-likeness (QED) is 0.146. The van der Waals surface area contributed by atoms with E-state index in [1.165, 1.54) is 5.69 Å². The van der Waals surface area contributed by atoms with Crippen molar-refractivity contribution in [1.82, 2.24) is 24.6 Å².